The molecule has 0 radical (unpaired) electrons. The summed E-state index contributed by atoms with van der Waals surface area (Å²) in [6, 6.07) is 26.9. The average Bonchev–Trinajstić information content (AvgIpc) is 2.53. The Morgan fingerprint density at radius 2 is 0.727 bits per heavy atom. The standard InChI is InChI=1S/3C7H7.Sn.H/c3*1-7-5-3-2-4-6-7;;/h3*2-5H,1H3;;. The molecule has 0 bridgehead atoms. The van der Waals surface area contributed by atoms with Crippen molar-refractivity contribution < 1.29 is 0 Å². The molecule has 0 amide bonds. The van der Waals surface area contributed by atoms with Gasteiger partial charge in [0.2, 0.25) is 0 Å². The second-order valence-electron chi connectivity index (χ2n) is 6.00. The molecule has 0 nitrogen and oxygen atoms in total. The molecular weight excluding hydrogens is 371 g/mol. The summed E-state index contributed by atoms with van der Waals surface area (Å²) in [7, 11) is 0. The molecule has 3 rings (SSSR count). The van der Waals surface area contributed by atoms with Crippen molar-refractivity contribution in [2.24, 2.45) is 0 Å². The minimum absolute atomic E-state index is 1.44. The first-order chi connectivity index (χ1) is 10.7. The molecule has 1 heteroatoms. The van der Waals surface area contributed by atoms with Gasteiger partial charge in [0.15, 0.2) is 0 Å². The number of hydrogen-bond acceptors (Lipinski definition) is 0. The van der Waals surface area contributed by atoms with E-state index in [2.05, 4.69) is 93.6 Å². The number of benzene rings is 3. The van der Waals surface area contributed by atoms with Crippen LogP contribution in [0.2, 0.25) is 0 Å². The van der Waals surface area contributed by atoms with Gasteiger partial charge in [-0.2, -0.15) is 0 Å². The fourth-order valence-corrected chi connectivity index (χ4v) is 13.4. The summed E-state index contributed by atoms with van der Waals surface area (Å²) in [5.74, 6) is 0. The summed E-state index contributed by atoms with van der Waals surface area (Å²) < 4.78 is 4.81. The van der Waals surface area contributed by atoms with E-state index < -0.39 is 19.8 Å². The molecule has 0 spiro atoms. The third kappa shape index (κ3) is 2.98. The van der Waals surface area contributed by atoms with Crippen LogP contribution in [0.1, 0.15) is 16.7 Å². The molecule has 22 heavy (non-hydrogen) atoms. The Hall–Kier alpha value is -1.54. The van der Waals surface area contributed by atoms with E-state index >= 15 is 0 Å². The zero-order chi connectivity index (χ0) is 15.5. The van der Waals surface area contributed by atoms with Gasteiger partial charge >= 0.3 is 141 Å². The van der Waals surface area contributed by atoms with Crippen molar-refractivity contribution in [3.8, 4) is 0 Å². The van der Waals surface area contributed by atoms with Crippen LogP contribution in [0, 0.1) is 20.8 Å². The maximum absolute atomic E-state index is 2.36. The topological polar surface area (TPSA) is 0 Å². The van der Waals surface area contributed by atoms with Crippen LogP contribution in [0.15, 0.2) is 72.8 Å². The van der Waals surface area contributed by atoms with E-state index in [4.69, 9.17) is 0 Å². The summed E-state index contributed by atoms with van der Waals surface area (Å²) >= 11 is -2.31. The van der Waals surface area contributed by atoms with Crippen LogP contribution in [0.5, 0.6) is 0 Å². The van der Waals surface area contributed by atoms with Gasteiger partial charge in [0.25, 0.3) is 0 Å². The van der Waals surface area contributed by atoms with E-state index in [0.29, 0.717) is 0 Å². The summed E-state index contributed by atoms with van der Waals surface area (Å²) in [4.78, 5) is 0. The zero-order valence-corrected chi connectivity index (χ0v) is 16.8. The Balaban J connectivity index is 2.27. The van der Waals surface area contributed by atoms with E-state index in [-0.39, 0.29) is 0 Å². The number of aryl methyl sites for hydroxylation is 3. The Morgan fingerprint density at radius 3 is 1.00 bits per heavy atom. The fraction of sp³-hybridized carbons (Fsp3) is 0.143. The molecule has 0 saturated carbocycles. The Morgan fingerprint density at radius 1 is 0.455 bits per heavy atom. The van der Waals surface area contributed by atoms with Crippen molar-refractivity contribution in [3.05, 3.63) is 89.5 Å². The third-order valence-electron chi connectivity index (χ3n) is 4.50. The predicted molar refractivity (Wildman–Crippen MR) is 99.6 cm³/mol. The van der Waals surface area contributed by atoms with E-state index in [1.165, 1.54) is 16.7 Å². The molecule has 0 saturated heterocycles. The quantitative estimate of drug-likeness (QED) is 0.601. The molecule has 0 heterocycles. The maximum atomic E-state index is 2.36. The Labute approximate surface area is 140 Å². The number of rotatable bonds is 3. The van der Waals surface area contributed by atoms with Gasteiger partial charge in [-0.05, 0) is 0 Å². The predicted octanol–water partition coefficient (Wildman–Crippen LogP) is 2.86. The molecule has 0 atom stereocenters. The van der Waals surface area contributed by atoms with Crippen LogP contribution in [0.4, 0.5) is 0 Å². The summed E-state index contributed by atoms with van der Waals surface area (Å²) in [5, 5.41) is 0. The van der Waals surface area contributed by atoms with E-state index in [0.717, 1.165) is 0 Å². The van der Waals surface area contributed by atoms with Crippen molar-refractivity contribution in [1.82, 2.24) is 0 Å². The Kier molecular flexibility index (Phi) is 4.68. The van der Waals surface area contributed by atoms with Gasteiger partial charge in [0, 0.05) is 0 Å². The van der Waals surface area contributed by atoms with Gasteiger partial charge in [0.05, 0.1) is 0 Å². The molecule has 0 fully saturated rings. The molecule has 0 aliphatic heterocycles. The van der Waals surface area contributed by atoms with Crippen molar-refractivity contribution in [1.29, 1.82) is 0 Å². The number of hydrogen-bond donors (Lipinski definition) is 0. The van der Waals surface area contributed by atoms with Crippen LogP contribution >= 0.6 is 0 Å². The van der Waals surface area contributed by atoms with Crippen LogP contribution in [0.3, 0.4) is 0 Å². The first kappa shape index (κ1) is 15.4. The second-order valence-corrected chi connectivity index (χ2v) is 13.8. The molecule has 110 valence electrons. The third-order valence-corrected chi connectivity index (χ3v) is 15.4. The van der Waals surface area contributed by atoms with Gasteiger partial charge in [-0.1, -0.05) is 0 Å². The average molecular weight is 393 g/mol. The summed E-state index contributed by atoms with van der Waals surface area (Å²) in [6.45, 7) is 6.78. The first-order valence-electron chi connectivity index (χ1n) is 7.85. The molecule has 0 unspecified atom stereocenters. The SMILES string of the molecule is Cc1cccc[c]1[SnH]([c]1ccccc1C)[c]1ccccc1C. The van der Waals surface area contributed by atoms with Crippen molar-refractivity contribution in [2.75, 3.05) is 0 Å². The van der Waals surface area contributed by atoms with Gasteiger partial charge in [-0.3, -0.25) is 0 Å². The second kappa shape index (κ2) is 6.70. The van der Waals surface area contributed by atoms with Crippen LogP contribution < -0.4 is 10.7 Å². The van der Waals surface area contributed by atoms with E-state index in [1.807, 2.05) is 0 Å². The minimum atomic E-state index is -2.31. The normalized spacial score (nSPS) is 10.9. The van der Waals surface area contributed by atoms with Crippen molar-refractivity contribution in [2.45, 2.75) is 20.8 Å². The van der Waals surface area contributed by atoms with Gasteiger partial charge < -0.3 is 0 Å². The molecule has 3 aromatic carbocycles. The molecular formula is C21H22Sn. The molecule has 0 aromatic heterocycles. The molecule has 0 N–H and O–H groups in total. The van der Waals surface area contributed by atoms with Crippen LogP contribution in [0.25, 0.3) is 0 Å². The fourth-order valence-electron chi connectivity index (χ4n) is 3.23. The summed E-state index contributed by atoms with van der Waals surface area (Å²) in [6.07, 6.45) is 0. The first-order valence-corrected chi connectivity index (χ1v) is 12.8. The Bertz CT molecular complexity index is 681. The van der Waals surface area contributed by atoms with Crippen molar-refractivity contribution in [3.63, 3.8) is 0 Å². The molecule has 0 aliphatic rings. The van der Waals surface area contributed by atoms with Gasteiger partial charge in [0.1, 0.15) is 0 Å². The van der Waals surface area contributed by atoms with Crippen LogP contribution in [-0.2, 0) is 0 Å². The van der Waals surface area contributed by atoms with Crippen LogP contribution in [-0.4, -0.2) is 19.8 Å². The monoisotopic (exact) mass is 394 g/mol. The van der Waals surface area contributed by atoms with E-state index in [9.17, 15) is 0 Å². The van der Waals surface area contributed by atoms with Gasteiger partial charge in [-0.15, -0.1) is 0 Å². The molecule has 0 aliphatic carbocycles. The van der Waals surface area contributed by atoms with Crippen molar-refractivity contribution >= 4 is 30.5 Å². The summed E-state index contributed by atoms with van der Waals surface area (Å²) in [5.41, 5.74) is 4.32. The molecule has 3 aromatic rings. The van der Waals surface area contributed by atoms with Gasteiger partial charge in [-0.25, -0.2) is 0 Å². The zero-order valence-electron chi connectivity index (χ0n) is 13.5. The van der Waals surface area contributed by atoms with E-state index in [1.54, 1.807) is 10.7 Å².